The molecule has 2 aliphatic heterocycles. The zero-order valence-corrected chi connectivity index (χ0v) is 9.23. The molecule has 4 nitrogen and oxygen atoms in total. The van der Waals surface area contributed by atoms with Gasteiger partial charge in [-0.05, 0) is 18.7 Å². The van der Waals surface area contributed by atoms with Crippen molar-refractivity contribution in [2.45, 2.75) is 6.10 Å². The predicted octanol–water partition coefficient (Wildman–Crippen LogP) is 0.0815. The van der Waals surface area contributed by atoms with E-state index in [9.17, 15) is 0 Å². The van der Waals surface area contributed by atoms with Crippen molar-refractivity contribution in [3.63, 3.8) is 0 Å². The number of rotatable bonds is 2. The van der Waals surface area contributed by atoms with Gasteiger partial charge >= 0.3 is 7.12 Å². The minimum absolute atomic E-state index is 0.0617. The number of nitrogens with one attached hydrogen (secondary N) is 1. The molecule has 84 valence electrons. The molecule has 5 heteroatoms. The van der Waals surface area contributed by atoms with E-state index in [0.717, 1.165) is 17.8 Å². The summed E-state index contributed by atoms with van der Waals surface area (Å²) in [5.41, 5.74) is 2.25. The van der Waals surface area contributed by atoms with Crippen LogP contribution in [0.2, 0.25) is 0 Å². The number of hydrogen-bond acceptors (Lipinski definition) is 4. The Morgan fingerprint density at radius 2 is 2.38 bits per heavy atom. The second-order valence-electron chi connectivity index (χ2n) is 3.99. The Bertz CT molecular complexity index is 399. The first-order chi connectivity index (χ1) is 7.90. The number of likely N-dealkylation sites (N-methyl/N-ethyl adjacent to an activating group) is 1. The van der Waals surface area contributed by atoms with Crippen LogP contribution in [0, 0.1) is 0 Å². The van der Waals surface area contributed by atoms with Gasteiger partial charge in [0.1, 0.15) is 12.4 Å². The fourth-order valence-corrected chi connectivity index (χ4v) is 2.28. The number of hydrogen-bond donors (Lipinski definition) is 1. The first-order valence-electron chi connectivity index (χ1n) is 5.57. The van der Waals surface area contributed by atoms with Crippen LogP contribution < -0.4 is 15.5 Å². The summed E-state index contributed by atoms with van der Waals surface area (Å²) in [5.74, 6) is 0.901. The van der Waals surface area contributed by atoms with Crippen LogP contribution >= 0.6 is 0 Å². The molecule has 0 saturated carbocycles. The molecule has 0 spiro atoms. The van der Waals surface area contributed by atoms with Crippen LogP contribution in [0.1, 0.15) is 11.7 Å². The number of ether oxygens (including phenoxy) is 1. The Kier molecular flexibility index (Phi) is 2.59. The molecule has 0 radical (unpaired) electrons. The summed E-state index contributed by atoms with van der Waals surface area (Å²) in [4.78, 5) is 0. The third-order valence-electron chi connectivity index (χ3n) is 2.97. The second kappa shape index (κ2) is 4.09. The van der Waals surface area contributed by atoms with E-state index in [0.29, 0.717) is 13.2 Å². The van der Waals surface area contributed by atoms with E-state index in [-0.39, 0.29) is 13.2 Å². The summed E-state index contributed by atoms with van der Waals surface area (Å²) < 4.78 is 17.1. The van der Waals surface area contributed by atoms with Crippen LogP contribution in [0.25, 0.3) is 0 Å². The van der Waals surface area contributed by atoms with Gasteiger partial charge in [0.2, 0.25) is 0 Å². The van der Waals surface area contributed by atoms with Gasteiger partial charge in [-0.15, -0.1) is 0 Å². The van der Waals surface area contributed by atoms with Gasteiger partial charge in [-0.3, -0.25) is 0 Å². The quantitative estimate of drug-likeness (QED) is 0.715. The molecule has 1 atom stereocenters. The van der Waals surface area contributed by atoms with Gasteiger partial charge in [0.25, 0.3) is 0 Å². The molecule has 2 aliphatic rings. The molecular formula is C11H14BNO3. The van der Waals surface area contributed by atoms with E-state index in [1.54, 1.807) is 0 Å². The van der Waals surface area contributed by atoms with E-state index in [1.165, 1.54) is 5.56 Å². The highest BCUT2D eigenvalue weighted by Crippen LogP contribution is 2.29. The monoisotopic (exact) mass is 219 g/mol. The molecule has 0 aliphatic carbocycles. The van der Waals surface area contributed by atoms with Crippen LogP contribution in [-0.2, 0) is 9.31 Å². The van der Waals surface area contributed by atoms with E-state index in [4.69, 9.17) is 14.0 Å². The molecular weight excluding hydrogens is 205 g/mol. The second-order valence-corrected chi connectivity index (χ2v) is 3.99. The maximum absolute atomic E-state index is 5.87. The number of benzene rings is 1. The molecule has 2 heterocycles. The Hall–Kier alpha value is -1.04. The lowest BCUT2D eigenvalue weighted by Crippen LogP contribution is -2.31. The zero-order chi connectivity index (χ0) is 11.0. The molecule has 0 fully saturated rings. The van der Waals surface area contributed by atoms with Crippen molar-refractivity contribution < 1.29 is 14.0 Å². The van der Waals surface area contributed by atoms with Crippen molar-refractivity contribution >= 4 is 12.6 Å². The maximum atomic E-state index is 5.87. The standard InChI is InChI=1S/C11H14BNO3/c1-13-7-10-8-3-2-4-9-11(8)12(16-10)15-6-5-14-9/h2-4,10,13H,5-7H2,1H3. The van der Waals surface area contributed by atoms with Gasteiger partial charge in [0.05, 0.1) is 12.7 Å². The SMILES string of the molecule is CNCC1OB2OCCOc3cccc1c32. The lowest BCUT2D eigenvalue weighted by atomic mass is 9.78. The van der Waals surface area contributed by atoms with Gasteiger partial charge in [-0.1, -0.05) is 12.1 Å². The lowest BCUT2D eigenvalue weighted by Gasteiger charge is -2.13. The molecule has 1 unspecified atom stereocenters. The van der Waals surface area contributed by atoms with Crippen molar-refractivity contribution in [1.29, 1.82) is 0 Å². The van der Waals surface area contributed by atoms with E-state index < -0.39 is 0 Å². The molecule has 0 amide bonds. The normalized spacial score (nSPS) is 22.6. The minimum Gasteiger partial charge on any atom is -0.492 e. The van der Waals surface area contributed by atoms with Crippen molar-refractivity contribution in [3.8, 4) is 5.75 Å². The van der Waals surface area contributed by atoms with E-state index in [1.807, 2.05) is 19.2 Å². The average molecular weight is 219 g/mol. The highest BCUT2D eigenvalue weighted by molar-refractivity contribution is 6.64. The van der Waals surface area contributed by atoms with Crippen molar-refractivity contribution in [1.82, 2.24) is 5.32 Å². The van der Waals surface area contributed by atoms with Gasteiger partial charge in [-0.25, -0.2) is 0 Å². The molecule has 0 bridgehead atoms. The van der Waals surface area contributed by atoms with Crippen LogP contribution in [0.15, 0.2) is 18.2 Å². The van der Waals surface area contributed by atoms with Crippen LogP contribution in [0.5, 0.6) is 5.75 Å². The lowest BCUT2D eigenvalue weighted by molar-refractivity contribution is 0.143. The Balaban J connectivity index is 2.03. The maximum Gasteiger partial charge on any atom is 0.498 e. The smallest absolute Gasteiger partial charge is 0.492 e. The first kappa shape index (κ1) is 10.1. The molecule has 1 aromatic carbocycles. The van der Waals surface area contributed by atoms with Crippen LogP contribution in [0.3, 0.4) is 0 Å². The molecule has 3 rings (SSSR count). The van der Waals surface area contributed by atoms with Crippen molar-refractivity contribution in [3.05, 3.63) is 23.8 Å². The molecule has 1 N–H and O–H groups in total. The summed E-state index contributed by atoms with van der Waals surface area (Å²) >= 11 is 0. The van der Waals surface area contributed by atoms with Gasteiger partial charge in [-0.2, -0.15) is 0 Å². The van der Waals surface area contributed by atoms with E-state index >= 15 is 0 Å². The average Bonchev–Trinajstić information content (AvgIpc) is 2.52. The largest absolute Gasteiger partial charge is 0.498 e. The Morgan fingerprint density at radius 1 is 1.44 bits per heavy atom. The third-order valence-corrected chi connectivity index (χ3v) is 2.97. The molecule has 0 saturated heterocycles. The van der Waals surface area contributed by atoms with Crippen molar-refractivity contribution in [2.75, 3.05) is 26.8 Å². The zero-order valence-electron chi connectivity index (χ0n) is 9.23. The summed E-state index contributed by atoms with van der Waals surface area (Å²) in [6, 6.07) is 6.07. The summed E-state index contributed by atoms with van der Waals surface area (Å²) in [6.45, 7) is 1.95. The highest BCUT2D eigenvalue weighted by Gasteiger charge is 2.40. The van der Waals surface area contributed by atoms with Gasteiger partial charge < -0.3 is 19.4 Å². The highest BCUT2D eigenvalue weighted by atomic mass is 16.6. The molecule has 1 aromatic rings. The van der Waals surface area contributed by atoms with Gasteiger partial charge in [0.15, 0.2) is 0 Å². The fourth-order valence-electron chi connectivity index (χ4n) is 2.28. The summed E-state index contributed by atoms with van der Waals surface area (Å²) in [7, 11) is 1.66. The molecule has 0 aromatic heterocycles. The molecule has 16 heavy (non-hydrogen) atoms. The van der Waals surface area contributed by atoms with E-state index in [2.05, 4.69) is 11.4 Å². The summed E-state index contributed by atoms with van der Waals surface area (Å²) in [6.07, 6.45) is 0.0617. The summed E-state index contributed by atoms with van der Waals surface area (Å²) in [5, 5.41) is 3.13. The van der Waals surface area contributed by atoms with Crippen molar-refractivity contribution in [2.24, 2.45) is 0 Å². The minimum atomic E-state index is -0.257. The Morgan fingerprint density at radius 3 is 3.25 bits per heavy atom. The third kappa shape index (κ3) is 1.52. The van der Waals surface area contributed by atoms with Gasteiger partial charge in [0, 0.05) is 12.0 Å². The predicted molar refractivity (Wildman–Crippen MR) is 61.0 cm³/mol. The topological polar surface area (TPSA) is 39.7 Å². The van der Waals surface area contributed by atoms with Crippen LogP contribution in [-0.4, -0.2) is 33.9 Å². The Labute approximate surface area is 95.0 Å². The van der Waals surface area contributed by atoms with Crippen LogP contribution in [0.4, 0.5) is 0 Å². The first-order valence-corrected chi connectivity index (χ1v) is 5.57. The fraction of sp³-hybridized carbons (Fsp3) is 0.455.